The highest BCUT2D eigenvalue weighted by Gasteiger charge is 2.09. The third-order valence-electron chi connectivity index (χ3n) is 3.60. The lowest BCUT2D eigenvalue weighted by Crippen LogP contribution is -2.15. The lowest BCUT2D eigenvalue weighted by atomic mass is 10.0. The van der Waals surface area contributed by atoms with Crippen molar-refractivity contribution in [2.24, 2.45) is 0 Å². The maximum absolute atomic E-state index is 12.0. The minimum Gasteiger partial charge on any atom is -0.322 e. The van der Waals surface area contributed by atoms with Gasteiger partial charge in [-0.2, -0.15) is 0 Å². The van der Waals surface area contributed by atoms with Crippen LogP contribution in [0.15, 0.2) is 40.6 Å². The van der Waals surface area contributed by atoms with Crippen LogP contribution in [0.4, 0.5) is 5.13 Å². The van der Waals surface area contributed by atoms with Crippen molar-refractivity contribution in [3.8, 4) is 0 Å². The number of rotatable bonds is 4. The minimum absolute atomic E-state index is 0.0539. The van der Waals surface area contributed by atoms with Gasteiger partial charge in [-0.1, -0.05) is 19.9 Å². The van der Waals surface area contributed by atoms with E-state index < -0.39 is 0 Å². The number of hydrogen-bond donors (Lipinski definition) is 2. The Bertz CT molecular complexity index is 898. The molecule has 1 aromatic carbocycles. The topological polar surface area (TPSA) is 74.8 Å². The predicted octanol–water partition coefficient (Wildman–Crippen LogP) is 3.29. The number of thiazole rings is 1. The van der Waals surface area contributed by atoms with Crippen LogP contribution < -0.4 is 10.9 Å². The van der Waals surface area contributed by atoms with Gasteiger partial charge in [0, 0.05) is 22.7 Å². The Morgan fingerprint density at radius 2 is 2.17 bits per heavy atom. The second kappa shape index (κ2) is 6.34. The Morgan fingerprint density at radius 3 is 2.87 bits per heavy atom. The number of H-pyrrole nitrogens is 1. The van der Waals surface area contributed by atoms with E-state index in [1.807, 2.05) is 43.5 Å². The van der Waals surface area contributed by atoms with Crippen LogP contribution in [-0.4, -0.2) is 15.9 Å². The number of hydrogen-bond acceptors (Lipinski definition) is 4. The van der Waals surface area contributed by atoms with E-state index in [1.165, 1.54) is 11.3 Å². The molecule has 5 nitrogen and oxygen atoms in total. The number of fused-ring (bicyclic) bond motifs is 1. The summed E-state index contributed by atoms with van der Waals surface area (Å²) in [6.45, 7) is 3.98. The average molecular weight is 327 g/mol. The van der Waals surface area contributed by atoms with Gasteiger partial charge in [0.05, 0.1) is 6.42 Å². The molecule has 0 bridgehead atoms. The van der Waals surface area contributed by atoms with Crippen molar-refractivity contribution in [1.29, 1.82) is 0 Å². The van der Waals surface area contributed by atoms with Gasteiger partial charge in [-0.15, -0.1) is 11.3 Å². The highest BCUT2D eigenvalue weighted by Crippen LogP contribution is 2.18. The van der Waals surface area contributed by atoms with Crippen LogP contribution in [0.5, 0.6) is 0 Å². The van der Waals surface area contributed by atoms with Gasteiger partial charge in [-0.3, -0.25) is 9.59 Å². The molecular formula is C17H17N3O2S. The molecule has 0 aliphatic carbocycles. The first-order valence-corrected chi connectivity index (χ1v) is 8.26. The van der Waals surface area contributed by atoms with Gasteiger partial charge >= 0.3 is 0 Å². The number of carbonyl (C=O) groups is 1. The maximum Gasteiger partial charge on any atom is 0.251 e. The van der Waals surface area contributed by atoms with Crippen molar-refractivity contribution in [2.75, 3.05) is 5.32 Å². The van der Waals surface area contributed by atoms with Gasteiger partial charge in [-0.25, -0.2) is 4.98 Å². The zero-order valence-electron chi connectivity index (χ0n) is 12.9. The molecule has 1 amide bonds. The molecule has 118 valence electrons. The zero-order chi connectivity index (χ0) is 16.4. The zero-order valence-corrected chi connectivity index (χ0v) is 13.7. The van der Waals surface area contributed by atoms with Crippen LogP contribution in [0.3, 0.4) is 0 Å². The summed E-state index contributed by atoms with van der Waals surface area (Å²) in [7, 11) is 0. The summed E-state index contributed by atoms with van der Waals surface area (Å²) in [4.78, 5) is 31.0. The third-order valence-corrected chi connectivity index (χ3v) is 4.29. The average Bonchev–Trinajstić information content (AvgIpc) is 2.99. The smallest absolute Gasteiger partial charge is 0.251 e. The van der Waals surface area contributed by atoms with E-state index in [2.05, 4.69) is 15.3 Å². The molecule has 0 atom stereocenters. The summed E-state index contributed by atoms with van der Waals surface area (Å²) < 4.78 is 0. The quantitative estimate of drug-likeness (QED) is 0.772. The molecule has 2 aromatic heterocycles. The molecule has 0 unspecified atom stereocenters. The first kappa shape index (κ1) is 15.4. The van der Waals surface area contributed by atoms with Gasteiger partial charge in [0.1, 0.15) is 0 Å². The number of benzene rings is 1. The van der Waals surface area contributed by atoms with Crippen molar-refractivity contribution < 1.29 is 4.79 Å². The molecule has 0 aliphatic rings. The van der Waals surface area contributed by atoms with Gasteiger partial charge in [-0.05, 0) is 35.1 Å². The van der Waals surface area contributed by atoms with E-state index in [9.17, 15) is 9.59 Å². The standard InChI is InChI=1S/C17H17N3O2S/c1-10(2)13-9-12-7-11(3-4-14(12)19-16(13)22)8-15(21)20-17-18-5-6-23-17/h3-7,9-10H,8H2,1-2H3,(H,19,22)(H,18,20,21). The molecule has 3 rings (SSSR count). The van der Waals surface area contributed by atoms with Gasteiger partial charge in [0.25, 0.3) is 5.56 Å². The molecule has 0 radical (unpaired) electrons. The second-order valence-electron chi connectivity index (χ2n) is 5.69. The molecule has 0 saturated heterocycles. The van der Waals surface area contributed by atoms with E-state index in [0.29, 0.717) is 5.13 Å². The summed E-state index contributed by atoms with van der Waals surface area (Å²) >= 11 is 1.39. The Morgan fingerprint density at radius 1 is 1.35 bits per heavy atom. The fourth-order valence-corrected chi connectivity index (χ4v) is 2.99. The number of nitrogens with one attached hydrogen (secondary N) is 2. The van der Waals surface area contributed by atoms with Crippen molar-refractivity contribution in [3.05, 3.63) is 57.3 Å². The van der Waals surface area contributed by atoms with Crippen molar-refractivity contribution >= 4 is 33.3 Å². The Kier molecular flexibility index (Phi) is 4.25. The number of anilines is 1. The lowest BCUT2D eigenvalue weighted by Gasteiger charge is -2.08. The van der Waals surface area contributed by atoms with Crippen LogP contribution in [0.1, 0.15) is 30.9 Å². The fraction of sp³-hybridized carbons (Fsp3) is 0.235. The molecule has 6 heteroatoms. The van der Waals surface area contributed by atoms with Crippen LogP contribution in [0.25, 0.3) is 10.9 Å². The number of pyridine rings is 1. The number of aromatic nitrogens is 2. The fourth-order valence-electron chi connectivity index (χ4n) is 2.45. The van der Waals surface area contributed by atoms with E-state index >= 15 is 0 Å². The van der Waals surface area contributed by atoms with E-state index in [1.54, 1.807) is 6.20 Å². The van der Waals surface area contributed by atoms with Crippen LogP contribution in [0.2, 0.25) is 0 Å². The van der Waals surface area contributed by atoms with Crippen LogP contribution >= 0.6 is 11.3 Å². The van der Waals surface area contributed by atoms with E-state index in [0.717, 1.165) is 22.0 Å². The Labute approximate surface area is 137 Å². The normalized spacial score (nSPS) is 11.1. The molecule has 0 saturated carbocycles. The van der Waals surface area contributed by atoms with E-state index in [4.69, 9.17) is 0 Å². The summed E-state index contributed by atoms with van der Waals surface area (Å²) in [5, 5.41) is 6.12. The predicted molar refractivity (Wildman–Crippen MR) is 93.1 cm³/mol. The summed E-state index contributed by atoms with van der Waals surface area (Å²) in [5.74, 6) is 0.0489. The first-order valence-electron chi connectivity index (χ1n) is 7.38. The summed E-state index contributed by atoms with van der Waals surface area (Å²) in [6, 6.07) is 7.54. The largest absolute Gasteiger partial charge is 0.322 e. The second-order valence-corrected chi connectivity index (χ2v) is 6.59. The highest BCUT2D eigenvalue weighted by atomic mass is 32.1. The SMILES string of the molecule is CC(C)c1cc2cc(CC(=O)Nc3nccs3)ccc2[nH]c1=O. The van der Waals surface area contributed by atoms with Crippen molar-refractivity contribution in [3.63, 3.8) is 0 Å². The van der Waals surface area contributed by atoms with Gasteiger partial charge < -0.3 is 10.3 Å². The minimum atomic E-state index is -0.104. The number of aromatic amines is 1. The molecule has 23 heavy (non-hydrogen) atoms. The monoisotopic (exact) mass is 327 g/mol. The van der Waals surface area contributed by atoms with Crippen molar-refractivity contribution in [2.45, 2.75) is 26.2 Å². The maximum atomic E-state index is 12.0. The summed E-state index contributed by atoms with van der Waals surface area (Å²) in [6.07, 6.45) is 1.92. The molecule has 0 aliphatic heterocycles. The summed E-state index contributed by atoms with van der Waals surface area (Å²) in [5.41, 5.74) is 2.38. The molecule has 3 aromatic rings. The van der Waals surface area contributed by atoms with E-state index in [-0.39, 0.29) is 23.8 Å². The van der Waals surface area contributed by atoms with Crippen LogP contribution in [-0.2, 0) is 11.2 Å². The molecule has 0 spiro atoms. The Hall–Kier alpha value is -2.47. The number of nitrogens with zero attached hydrogens (tertiary/aromatic N) is 1. The van der Waals surface area contributed by atoms with Gasteiger partial charge in [0.15, 0.2) is 5.13 Å². The first-order chi connectivity index (χ1) is 11.0. The van der Waals surface area contributed by atoms with Crippen LogP contribution in [0, 0.1) is 0 Å². The van der Waals surface area contributed by atoms with Crippen molar-refractivity contribution in [1.82, 2.24) is 9.97 Å². The lowest BCUT2D eigenvalue weighted by molar-refractivity contribution is -0.115. The third kappa shape index (κ3) is 3.48. The Balaban J connectivity index is 1.85. The number of amides is 1. The molecule has 0 fully saturated rings. The highest BCUT2D eigenvalue weighted by molar-refractivity contribution is 7.13. The molecule has 2 heterocycles. The van der Waals surface area contributed by atoms with Gasteiger partial charge in [0.2, 0.25) is 5.91 Å². The molecule has 2 N–H and O–H groups in total. The number of carbonyl (C=O) groups excluding carboxylic acids is 1. The molecular weight excluding hydrogens is 310 g/mol.